The minimum atomic E-state index is -2.80. The molecule has 0 fully saturated rings. The summed E-state index contributed by atoms with van der Waals surface area (Å²) in [7, 11) is 1.11. The van der Waals surface area contributed by atoms with Gasteiger partial charge in [0.25, 0.3) is 5.60 Å². The van der Waals surface area contributed by atoms with E-state index in [0.29, 0.717) is 16.7 Å². The number of aliphatic hydroxyl groups excluding tert-OH is 1. The number of carbonyl (C=O) groups is 2. The number of nitrogens with zero attached hydrogens (tertiary/aromatic N) is 6. The molecule has 216 valence electrons. The molecule has 7 N–H and O–H groups in total. The first-order chi connectivity index (χ1) is 19.5. The van der Waals surface area contributed by atoms with Crippen LogP contribution < -0.4 is 11.5 Å². The van der Waals surface area contributed by atoms with Gasteiger partial charge >= 0.3 is 11.9 Å². The number of aliphatic hydroxyl groups is 1. The Morgan fingerprint density at radius 2 is 1.71 bits per heavy atom. The van der Waals surface area contributed by atoms with Crippen molar-refractivity contribution in [1.82, 2.24) is 29.5 Å². The lowest BCUT2D eigenvalue weighted by atomic mass is 9.93. The maximum atomic E-state index is 15.4. The third-order valence-corrected chi connectivity index (χ3v) is 6.42. The molecule has 41 heavy (non-hydrogen) atoms. The van der Waals surface area contributed by atoms with Crippen molar-refractivity contribution in [2.75, 3.05) is 25.2 Å². The molecule has 0 aliphatic heterocycles. The SMILES string of the molecule is CO[C@H](COC(Cc1ccc(-c2cnc(N)nc2)cc1)(C(=O)O)C(=O)O)[C@@H](O)[C@H](F)n1cnc2c(N)nc(Cl)nc21. The molecule has 0 saturated carbocycles. The van der Waals surface area contributed by atoms with Gasteiger partial charge in [-0.15, -0.1) is 0 Å². The summed E-state index contributed by atoms with van der Waals surface area (Å²) >= 11 is 5.80. The van der Waals surface area contributed by atoms with Crippen LogP contribution in [0.5, 0.6) is 0 Å². The molecule has 3 heterocycles. The van der Waals surface area contributed by atoms with Crippen LogP contribution in [0.4, 0.5) is 16.2 Å². The third-order valence-electron chi connectivity index (χ3n) is 6.25. The molecule has 0 aliphatic rings. The lowest BCUT2D eigenvalue weighted by Crippen LogP contribution is -2.53. The van der Waals surface area contributed by atoms with Crippen molar-refractivity contribution in [2.45, 2.75) is 30.5 Å². The lowest BCUT2D eigenvalue weighted by Gasteiger charge is -2.30. The number of imidazole rings is 1. The summed E-state index contributed by atoms with van der Waals surface area (Å²) in [6.45, 7) is -0.817. The fourth-order valence-electron chi connectivity index (χ4n) is 3.97. The van der Waals surface area contributed by atoms with E-state index in [9.17, 15) is 24.9 Å². The van der Waals surface area contributed by atoms with Gasteiger partial charge in [-0.05, 0) is 22.7 Å². The van der Waals surface area contributed by atoms with Crippen LogP contribution in [0.25, 0.3) is 22.3 Å². The van der Waals surface area contributed by atoms with Crippen LogP contribution in [0, 0.1) is 0 Å². The molecule has 17 heteroatoms. The molecule has 4 rings (SSSR count). The second-order valence-electron chi connectivity index (χ2n) is 8.79. The number of aromatic nitrogens is 6. The van der Waals surface area contributed by atoms with Crippen LogP contribution in [0.3, 0.4) is 0 Å². The van der Waals surface area contributed by atoms with Crippen molar-refractivity contribution >= 4 is 46.5 Å². The van der Waals surface area contributed by atoms with Gasteiger partial charge in [0.2, 0.25) is 17.5 Å². The van der Waals surface area contributed by atoms with Gasteiger partial charge in [-0.25, -0.2) is 28.9 Å². The summed E-state index contributed by atoms with van der Waals surface area (Å²) in [5.41, 5.74) is 9.93. The number of hydrogen-bond donors (Lipinski definition) is 5. The number of methoxy groups -OCH3 is 1. The predicted molar refractivity (Wildman–Crippen MR) is 141 cm³/mol. The molecule has 0 saturated heterocycles. The Morgan fingerprint density at radius 1 is 1.07 bits per heavy atom. The molecule has 3 atom stereocenters. The quantitative estimate of drug-likeness (QED) is 0.115. The first kappa shape index (κ1) is 29.5. The van der Waals surface area contributed by atoms with Crippen molar-refractivity contribution < 1.29 is 38.8 Å². The molecular formula is C24H24ClFN8O7. The Bertz CT molecular complexity index is 1540. The number of rotatable bonds is 12. The predicted octanol–water partition coefficient (Wildman–Crippen LogP) is 1.11. The van der Waals surface area contributed by atoms with E-state index in [2.05, 4.69) is 24.9 Å². The minimum absolute atomic E-state index is 0.0279. The summed E-state index contributed by atoms with van der Waals surface area (Å²) in [5.74, 6) is -3.65. The Kier molecular flexibility index (Phi) is 8.57. The Morgan fingerprint density at radius 3 is 2.29 bits per heavy atom. The minimum Gasteiger partial charge on any atom is -0.479 e. The Hall–Kier alpha value is -4.51. The summed E-state index contributed by atoms with van der Waals surface area (Å²) in [6.07, 6.45) is -2.38. The second-order valence-corrected chi connectivity index (χ2v) is 9.13. The number of halogens is 2. The Labute approximate surface area is 235 Å². The average Bonchev–Trinajstić information content (AvgIpc) is 3.36. The van der Waals surface area contributed by atoms with E-state index in [4.69, 9.17) is 32.5 Å². The van der Waals surface area contributed by atoms with Crippen molar-refractivity contribution in [3.05, 3.63) is 53.8 Å². The number of carboxylic acids is 2. The monoisotopic (exact) mass is 590 g/mol. The number of nitrogen functional groups attached to an aromatic ring is 2. The summed E-state index contributed by atoms with van der Waals surface area (Å²) < 4.78 is 26.8. The van der Waals surface area contributed by atoms with E-state index in [-0.39, 0.29) is 28.2 Å². The first-order valence-electron chi connectivity index (χ1n) is 11.7. The van der Waals surface area contributed by atoms with Gasteiger partial charge in [-0.1, -0.05) is 24.3 Å². The Balaban J connectivity index is 1.53. The highest BCUT2D eigenvalue weighted by Gasteiger charge is 2.49. The number of alkyl halides is 1. The number of aliphatic carboxylic acids is 2. The number of fused-ring (bicyclic) bond motifs is 1. The van der Waals surface area contributed by atoms with E-state index in [1.54, 1.807) is 12.1 Å². The highest BCUT2D eigenvalue weighted by atomic mass is 35.5. The number of ether oxygens (including phenoxy) is 2. The van der Waals surface area contributed by atoms with E-state index < -0.39 is 49.1 Å². The zero-order valence-corrected chi connectivity index (χ0v) is 22.0. The molecule has 0 bridgehead atoms. The summed E-state index contributed by atoms with van der Waals surface area (Å²) in [4.78, 5) is 43.8. The number of benzene rings is 1. The van der Waals surface area contributed by atoms with E-state index in [1.165, 1.54) is 24.5 Å². The van der Waals surface area contributed by atoms with E-state index >= 15 is 4.39 Å². The van der Waals surface area contributed by atoms with Crippen molar-refractivity contribution in [1.29, 1.82) is 0 Å². The van der Waals surface area contributed by atoms with E-state index in [1.807, 2.05) is 0 Å². The van der Waals surface area contributed by atoms with Gasteiger partial charge in [0, 0.05) is 31.5 Å². The summed E-state index contributed by atoms with van der Waals surface area (Å²) in [5, 5.41) is 30.2. The van der Waals surface area contributed by atoms with Crippen molar-refractivity contribution in [3.63, 3.8) is 0 Å². The smallest absolute Gasteiger partial charge is 0.348 e. The van der Waals surface area contributed by atoms with Crippen LogP contribution in [0.15, 0.2) is 43.0 Å². The standard InChI is InChI=1S/C24H24ClFN8O7/c1-40-14(16(35)17(26)34-10-31-15-18(27)32-22(25)33-19(15)34)9-41-24(20(36)37,21(38)39)6-11-2-4-12(5-3-11)13-7-29-23(28)30-8-13/h2-5,7-8,10,14,16-17,35H,6,9H2,1H3,(H,36,37)(H,38,39)(H2,27,32,33)(H2,28,29,30)/t14-,16-,17-/m1/s1. The highest BCUT2D eigenvalue weighted by Crippen LogP contribution is 2.28. The fraction of sp³-hybridized carbons (Fsp3) is 0.292. The molecule has 3 aromatic heterocycles. The van der Waals surface area contributed by atoms with Crippen LogP contribution >= 0.6 is 11.6 Å². The highest BCUT2D eigenvalue weighted by molar-refractivity contribution is 6.28. The molecule has 0 unspecified atom stereocenters. The number of hydrogen-bond acceptors (Lipinski definition) is 12. The van der Waals surface area contributed by atoms with Gasteiger partial charge in [-0.2, -0.15) is 9.97 Å². The first-order valence-corrected chi connectivity index (χ1v) is 12.1. The maximum Gasteiger partial charge on any atom is 0.348 e. The van der Waals surface area contributed by atoms with E-state index in [0.717, 1.165) is 18.0 Å². The molecule has 4 aromatic rings. The molecule has 1 aromatic carbocycles. The molecule has 0 aliphatic carbocycles. The number of anilines is 2. The zero-order chi connectivity index (χ0) is 29.9. The molecule has 0 spiro atoms. The maximum absolute atomic E-state index is 15.4. The second kappa shape index (κ2) is 11.9. The fourth-order valence-corrected chi connectivity index (χ4v) is 4.14. The topological polar surface area (TPSA) is 235 Å². The van der Waals surface area contributed by atoms with Gasteiger partial charge in [0.1, 0.15) is 17.7 Å². The molecule has 0 amide bonds. The van der Waals surface area contributed by atoms with Crippen LogP contribution in [0.1, 0.15) is 11.9 Å². The molecular weight excluding hydrogens is 567 g/mol. The largest absolute Gasteiger partial charge is 0.479 e. The van der Waals surface area contributed by atoms with Crippen LogP contribution in [-0.4, -0.2) is 88.3 Å². The third kappa shape index (κ3) is 5.99. The number of nitrogens with two attached hydrogens (primary N) is 2. The average molecular weight is 591 g/mol. The van der Waals surface area contributed by atoms with Crippen LogP contribution in [0.2, 0.25) is 5.28 Å². The molecule has 0 radical (unpaired) electrons. The van der Waals surface area contributed by atoms with Gasteiger partial charge in [-0.3, -0.25) is 4.57 Å². The summed E-state index contributed by atoms with van der Waals surface area (Å²) in [6, 6.07) is 6.26. The van der Waals surface area contributed by atoms with Gasteiger partial charge in [0.15, 0.2) is 11.5 Å². The van der Waals surface area contributed by atoms with Crippen molar-refractivity contribution in [2.24, 2.45) is 0 Å². The normalized spacial score (nSPS) is 14.0. The van der Waals surface area contributed by atoms with Crippen LogP contribution in [-0.2, 0) is 25.5 Å². The lowest BCUT2D eigenvalue weighted by molar-refractivity contribution is -0.192. The zero-order valence-electron chi connectivity index (χ0n) is 21.3. The van der Waals surface area contributed by atoms with Crippen molar-refractivity contribution in [3.8, 4) is 11.1 Å². The van der Waals surface area contributed by atoms with Gasteiger partial charge in [0.05, 0.1) is 12.9 Å². The number of carboxylic acid groups (broad SMARTS) is 2. The van der Waals surface area contributed by atoms with Gasteiger partial charge < -0.3 is 36.3 Å². The molecule has 15 nitrogen and oxygen atoms in total.